The van der Waals surface area contributed by atoms with E-state index in [0.29, 0.717) is 5.56 Å². The van der Waals surface area contributed by atoms with Gasteiger partial charge in [0, 0.05) is 27.7 Å². The van der Waals surface area contributed by atoms with E-state index in [1.54, 1.807) is 6.07 Å². The smallest absolute Gasteiger partial charge is 0.224 e. The number of hydrogen-bond donors (Lipinski definition) is 0. The molecule has 0 aliphatic carbocycles. The maximum Gasteiger partial charge on any atom is 0.224 e. The fourth-order valence-corrected chi connectivity index (χ4v) is 4.88. The summed E-state index contributed by atoms with van der Waals surface area (Å²) in [6, 6.07) is 24.3. The van der Waals surface area contributed by atoms with Gasteiger partial charge < -0.3 is 4.42 Å². The first kappa shape index (κ1) is 15.2. The van der Waals surface area contributed by atoms with E-state index in [1.807, 2.05) is 43.6 Å². The van der Waals surface area contributed by atoms with E-state index in [2.05, 4.69) is 47.9 Å². The Morgan fingerprint density at radius 2 is 1.62 bits per heavy atom. The highest BCUT2D eigenvalue weighted by molar-refractivity contribution is 6.18. The van der Waals surface area contributed by atoms with Gasteiger partial charge in [0.05, 0.1) is 10.9 Å². The van der Waals surface area contributed by atoms with Crippen molar-refractivity contribution in [2.45, 2.75) is 26.6 Å². The van der Waals surface area contributed by atoms with E-state index in [-0.39, 0.29) is 0 Å². The number of fused-ring (bicyclic) bond motifs is 6. The summed E-state index contributed by atoms with van der Waals surface area (Å²) in [6.07, 6.45) is 1.98. The standard InChI is InChI=1S/C30H26NO/c1-18(2)21-11-13-23-22(17-21)15-16-31(4)28(23)27-19(3)9-12-26-25-14-10-20-7-5-6-8-24(20)29(25)32-30(26)27/h5-18H,1-4H3/q+1/i1D3,18D. The average Bonchev–Trinajstić information content (AvgIpc) is 3.23. The van der Waals surface area contributed by atoms with Crippen molar-refractivity contribution in [1.82, 2.24) is 0 Å². The van der Waals surface area contributed by atoms with Crippen molar-refractivity contribution in [3.63, 3.8) is 0 Å². The lowest BCUT2D eigenvalue weighted by atomic mass is 9.94. The van der Waals surface area contributed by atoms with Gasteiger partial charge in [-0.05, 0) is 46.8 Å². The molecular weight excluding hydrogens is 390 g/mol. The van der Waals surface area contributed by atoms with Gasteiger partial charge in [0.1, 0.15) is 18.2 Å². The second-order valence-electron chi connectivity index (χ2n) is 8.60. The molecule has 1 unspecified atom stereocenters. The first-order chi connectivity index (χ1) is 17.1. The second kappa shape index (κ2) is 6.93. The Morgan fingerprint density at radius 3 is 2.50 bits per heavy atom. The lowest BCUT2D eigenvalue weighted by molar-refractivity contribution is -0.659. The zero-order valence-corrected chi connectivity index (χ0v) is 18.4. The highest BCUT2D eigenvalue weighted by Gasteiger charge is 2.24. The minimum Gasteiger partial charge on any atom is -0.454 e. The van der Waals surface area contributed by atoms with Gasteiger partial charge in [-0.3, -0.25) is 0 Å². The molecule has 0 saturated heterocycles. The molecule has 0 bridgehead atoms. The number of benzene rings is 4. The summed E-state index contributed by atoms with van der Waals surface area (Å²) in [5.74, 6) is -1.70. The number of aromatic nitrogens is 1. The van der Waals surface area contributed by atoms with Crippen molar-refractivity contribution < 1.29 is 14.5 Å². The molecule has 1 atom stereocenters. The molecule has 0 aliphatic heterocycles. The van der Waals surface area contributed by atoms with Crippen LogP contribution in [-0.2, 0) is 7.05 Å². The van der Waals surface area contributed by atoms with Gasteiger partial charge in [0.25, 0.3) is 0 Å². The van der Waals surface area contributed by atoms with Crippen LogP contribution in [0.4, 0.5) is 0 Å². The van der Waals surface area contributed by atoms with Crippen LogP contribution < -0.4 is 4.57 Å². The van der Waals surface area contributed by atoms with Gasteiger partial charge in [0.15, 0.2) is 6.20 Å². The molecule has 2 nitrogen and oxygen atoms in total. The van der Waals surface area contributed by atoms with Crippen molar-refractivity contribution in [3.8, 4) is 11.3 Å². The third-order valence-corrected chi connectivity index (χ3v) is 6.55. The quantitative estimate of drug-likeness (QED) is 0.261. The van der Waals surface area contributed by atoms with E-state index >= 15 is 0 Å². The molecule has 2 aromatic heterocycles. The van der Waals surface area contributed by atoms with Crippen LogP contribution in [0.25, 0.3) is 54.7 Å². The number of pyridine rings is 1. The lowest BCUT2D eigenvalue weighted by Crippen LogP contribution is -2.30. The normalized spacial score (nSPS) is 16.1. The molecule has 0 spiro atoms. The highest BCUT2D eigenvalue weighted by Crippen LogP contribution is 2.41. The fourth-order valence-electron chi connectivity index (χ4n) is 4.88. The molecule has 4 aromatic carbocycles. The topological polar surface area (TPSA) is 17.0 Å². The fraction of sp³-hybridized carbons (Fsp3) is 0.167. The number of rotatable bonds is 2. The number of hydrogen-bond acceptors (Lipinski definition) is 1. The van der Waals surface area contributed by atoms with Crippen molar-refractivity contribution >= 4 is 43.5 Å². The maximum atomic E-state index is 8.54. The predicted octanol–water partition coefficient (Wildman–Crippen LogP) is 7.82. The summed E-state index contributed by atoms with van der Waals surface area (Å²) < 4.78 is 40.8. The SMILES string of the molecule is [2H]C([2H])([2H])C([2H])(C)c1ccc2c(-c3c(C)ccc4c3oc3c5ccccc5ccc43)[n+](C)ccc2c1. The summed E-state index contributed by atoms with van der Waals surface area (Å²) in [6.45, 7) is 1.11. The van der Waals surface area contributed by atoms with Crippen LogP contribution in [-0.4, -0.2) is 0 Å². The van der Waals surface area contributed by atoms with Crippen molar-refractivity contribution in [2.75, 3.05) is 0 Å². The molecule has 0 N–H and O–H groups in total. The lowest BCUT2D eigenvalue weighted by Gasteiger charge is -2.11. The summed E-state index contributed by atoms with van der Waals surface area (Å²) in [5, 5.41) is 6.23. The molecule has 6 aromatic rings. The number of nitrogens with zero attached hydrogens (tertiary/aromatic N) is 1. The van der Waals surface area contributed by atoms with E-state index in [4.69, 9.17) is 9.90 Å². The summed E-state index contributed by atoms with van der Waals surface area (Å²) in [4.78, 5) is 0. The zero-order valence-electron chi connectivity index (χ0n) is 22.4. The Hall–Kier alpha value is -3.65. The zero-order chi connectivity index (χ0) is 25.4. The van der Waals surface area contributed by atoms with Crippen LogP contribution in [0.5, 0.6) is 0 Å². The Balaban J connectivity index is 1.67. The summed E-state index contributed by atoms with van der Waals surface area (Å²) in [5.41, 5.74) is 5.28. The van der Waals surface area contributed by atoms with Crippen LogP contribution in [0.2, 0.25) is 0 Å². The highest BCUT2D eigenvalue weighted by atomic mass is 16.3. The van der Waals surface area contributed by atoms with Crippen LogP contribution in [0.1, 0.15) is 36.3 Å². The molecule has 32 heavy (non-hydrogen) atoms. The molecule has 0 radical (unpaired) electrons. The van der Waals surface area contributed by atoms with Crippen molar-refractivity contribution in [1.29, 1.82) is 0 Å². The molecule has 2 heteroatoms. The predicted molar refractivity (Wildman–Crippen MR) is 134 cm³/mol. The third kappa shape index (κ3) is 2.69. The van der Waals surface area contributed by atoms with Crippen LogP contribution in [0.15, 0.2) is 83.4 Å². The van der Waals surface area contributed by atoms with Crippen LogP contribution in [0.3, 0.4) is 0 Å². The Morgan fingerprint density at radius 1 is 0.844 bits per heavy atom. The number of furan rings is 1. The molecular formula is C30H26NO+. The maximum absolute atomic E-state index is 8.54. The molecule has 2 heterocycles. The van der Waals surface area contributed by atoms with E-state index < -0.39 is 12.7 Å². The second-order valence-corrected chi connectivity index (χ2v) is 8.60. The van der Waals surface area contributed by atoms with Gasteiger partial charge in [-0.1, -0.05) is 68.4 Å². The molecule has 6 rings (SSSR count). The Labute approximate surface area is 193 Å². The summed E-state index contributed by atoms with van der Waals surface area (Å²) in [7, 11) is 2.01. The minimum atomic E-state index is -2.43. The van der Waals surface area contributed by atoms with Crippen molar-refractivity contribution in [2.24, 2.45) is 7.05 Å². The molecule has 156 valence electrons. The largest absolute Gasteiger partial charge is 0.454 e. The minimum absolute atomic E-state index is 0.472. The van der Waals surface area contributed by atoms with Crippen LogP contribution >= 0.6 is 0 Å². The van der Waals surface area contributed by atoms with Gasteiger partial charge >= 0.3 is 0 Å². The number of aryl methyl sites for hydroxylation is 2. The molecule has 0 saturated carbocycles. The summed E-state index contributed by atoms with van der Waals surface area (Å²) >= 11 is 0. The molecule has 0 amide bonds. The average molecular weight is 421 g/mol. The van der Waals surface area contributed by atoms with Crippen molar-refractivity contribution in [3.05, 3.63) is 90.1 Å². The van der Waals surface area contributed by atoms with Crippen LogP contribution in [0, 0.1) is 6.92 Å². The van der Waals surface area contributed by atoms with E-state index in [0.717, 1.165) is 60.3 Å². The first-order valence-corrected chi connectivity index (χ1v) is 10.8. The first-order valence-electron chi connectivity index (χ1n) is 12.8. The van der Waals surface area contributed by atoms with Gasteiger partial charge in [-0.15, -0.1) is 0 Å². The van der Waals surface area contributed by atoms with E-state index in [9.17, 15) is 0 Å². The molecule has 0 fully saturated rings. The van der Waals surface area contributed by atoms with Gasteiger partial charge in [-0.2, -0.15) is 0 Å². The Bertz CT molecular complexity index is 1830. The van der Waals surface area contributed by atoms with E-state index in [1.165, 1.54) is 6.92 Å². The van der Waals surface area contributed by atoms with Gasteiger partial charge in [-0.25, -0.2) is 4.57 Å². The Kier molecular flexibility index (Phi) is 3.29. The van der Waals surface area contributed by atoms with Gasteiger partial charge in [0.2, 0.25) is 5.69 Å². The monoisotopic (exact) mass is 420 g/mol. The molecule has 0 aliphatic rings. The third-order valence-electron chi connectivity index (χ3n) is 6.55.